The second-order valence-corrected chi connectivity index (χ2v) is 5.95. The van der Waals surface area contributed by atoms with Gasteiger partial charge in [0.25, 0.3) is 5.91 Å². The number of hydrogen-bond acceptors (Lipinski definition) is 2. The maximum atomic E-state index is 13.3. The molecular weight excluding hydrogens is 331 g/mol. The first-order valence-electron chi connectivity index (χ1n) is 6.03. The van der Waals surface area contributed by atoms with Crippen LogP contribution in [0.15, 0.2) is 22.7 Å². The van der Waals surface area contributed by atoms with E-state index in [1.165, 1.54) is 12.1 Å². The molecule has 1 aromatic rings. The summed E-state index contributed by atoms with van der Waals surface area (Å²) >= 11 is 8.13. The number of rotatable bonds is 5. The zero-order valence-electron chi connectivity index (χ0n) is 10.2. The molecule has 0 bridgehead atoms. The molecule has 0 spiro atoms. The first kappa shape index (κ1) is 14.4. The number of carbonyl (C=O) groups excluding carboxylic acids is 1. The predicted molar refractivity (Wildman–Crippen MR) is 79.6 cm³/mol. The summed E-state index contributed by atoms with van der Waals surface area (Å²) in [6.07, 6.45) is 2.45. The summed E-state index contributed by atoms with van der Waals surface area (Å²) in [5.41, 5.74) is 5.82. The maximum Gasteiger partial charge on any atom is 0.255 e. The molecule has 1 amide bonds. The van der Waals surface area contributed by atoms with Crippen molar-refractivity contribution >= 4 is 39.0 Å². The molecular formula is C13H14BrFN2OS. The number of carbonyl (C=O) groups is 1. The number of benzene rings is 1. The highest BCUT2D eigenvalue weighted by molar-refractivity contribution is 9.10. The van der Waals surface area contributed by atoms with E-state index in [2.05, 4.69) is 15.9 Å². The standard InChI is InChI=1S/C13H14BrFN2OS/c14-11-4-1-8(15)7-10(11)13(18)17(9-2-3-9)6-5-12(16)19/h1,4,7,9H,2-3,5-6H2,(H2,16,19). The van der Waals surface area contributed by atoms with Crippen LogP contribution in [0.3, 0.4) is 0 Å². The van der Waals surface area contributed by atoms with Crippen LogP contribution < -0.4 is 5.73 Å². The van der Waals surface area contributed by atoms with Crippen LogP contribution in [0.4, 0.5) is 4.39 Å². The van der Waals surface area contributed by atoms with Crippen LogP contribution in [0.25, 0.3) is 0 Å². The van der Waals surface area contributed by atoms with Gasteiger partial charge in [0.1, 0.15) is 5.82 Å². The van der Waals surface area contributed by atoms with Crippen LogP contribution >= 0.6 is 28.1 Å². The minimum atomic E-state index is -0.420. The van der Waals surface area contributed by atoms with Gasteiger partial charge in [-0.25, -0.2) is 4.39 Å². The van der Waals surface area contributed by atoms with E-state index in [1.54, 1.807) is 11.0 Å². The molecule has 0 heterocycles. The lowest BCUT2D eigenvalue weighted by Gasteiger charge is -2.22. The maximum absolute atomic E-state index is 13.3. The average Bonchev–Trinajstić information content (AvgIpc) is 3.16. The molecule has 1 fully saturated rings. The van der Waals surface area contributed by atoms with E-state index < -0.39 is 5.82 Å². The van der Waals surface area contributed by atoms with Gasteiger partial charge in [-0.1, -0.05) is 12.2 Å². The van der Waals surface area contributed by atoms with Crippen LogP contribution in [0, 0.1) is 5.82 Å². The van der Waals surface area contributed by atoms with Gasteiger partial charge >= 0.3 is 0 Å². The van der Waals surface area contributed by atoms with Gasteiger partial charge in [0, 0.05) is 23.5 Å². The minimum absolute atomic E-state index is 0.176. The van der Waals surface area contributed by atoms with Crippen molar-refractivity contribution in [2.45, 2.75) is 25.3 Å². The van der Waals surface area contributed by atoms with E-state index in [0.29, 0.717) is 28.0 Å². The molecule has 0 saturated heterocycles. The summed E-state index contributed by atoms with van der Waals surface area (Å²) in [5, 5.41) is 0. The van der Waals surface area contributed by atoms with Crippen molar-refractivity contribution in [3.63, 3.8) is 0 Å². The zero-order valence-corrected chi connectivity index (χ0v) is 12.6. The Morgan fingerprint density at radius 1 is 1.53 bits per heavy atom. The molecule has 1 saturated carbocycles. The summed E-state index contributed by atoms with van der Waals surface area (Å²) in [6, 6.07) is 4.35. The third-order valence-corrected chi connectivity index (χ3v) is 3.90. The van der Waals surface area contributed by atoms with Crippen LogP contribution in [0.2, 0.25) is 0 Å². The monoisotopic (exact) mass is 344 g/mol. The molecule has 3 nitrogen and oxygen atoms in total. The fourth-order valence-electron chi connectivity index (χ4n) is 1.88. The summed E-state index contributed by atoms with van der Waals surface area (Å²) in [4.78, 5) is 14.6. The Balaban J connectivity index is 2.18. The van der Waals surface area contributed by atoms with Crippen molar-refractivity contribution in [1.29, 1.82) is 0 Å². The van der Waals surface area contributed by atoms with E-state index in [1.807, 2.05) is 0 Å². The Kier molecular flexibility index (Phi) is 4.52. The van der Waals surface area contributed by atoms with Crippen molar-refractivity contribution in [3.8, 4) is 0 Å². The zero-order chi connectivity index (χ0) is 14.0. The Morgan fingerprint density at radius 3 is 2.79 bits per heavy atom. The molecule has 1 aliphatic rings. The molecule has 0 radical (unpaired) electrons. The lowest BCUT2D eigenvalue weighted by molar-refractivity contribution is 0.0746. The molecule has 0 aromatic heterocycles. The largest absolute Gasteiger partial charge is 0.393 e. The molecule has 19 heavy (non-hydrogen) atoms. The van der Waals surface area contributed by atoms with E-state index in [0.717, 1.165) is 12.8 Å². The minimum Gasteiger partial charge on any atom is -0.393 e. The Bertz CT molecular complexity index is 519. The quantitative estimate of drug-likeness (QED) is 0.835. The SMILES string of the molecule is NC(=S)CCN(C(=O)c1cc(F)ccc1Br)C1CC1. The Hall–Kier alpha value is -1.01. The van der Waals surface area contributed by atoms with E-state index in [9.17, 15) is 9.18 Å². The number of thiocarbonyl (C=S) groups is 1. The molecule has 102 valence electrons. The highest BCUT2D eigenvalue weighted by Gasteiger charge is 2.33. The van der Waals surface area contributed by atoms with Gasteiger partial charge in [-0.05, 0) is 47.0 Å². The van der Waals surface area contributed by atoms with Gasteiger partial charge in [0.05, 0.1) is 10.6 Å². The van der Waals surface area contributed by atoms with Crippen LogP contribution in [-0.4, -0.2) is 28.4 Å². The number of amides is 1. The van der Waals surface area contributed by atoms with Gasteiger partial charge in [0.2, 0.25) is 0 Å². The number of halogens is 2. The number of hydrogen-bond donors (Lipinski definition) is 1. The molecule has 0 aliphatic heterocycles. The van der Waals surface area contributed by atoms with E-state index >= 15 is 0 Å². The van der Waals surface area contributed by atoms with Crippen LogP contribution in [0.1, 0.15) is 29.6 Å². The van der Waals surface area contributed by atoms with Gasteiger partial charge in [-0.15, -0.1) is 0 Å². The molecule has 2 N–H and O–H groups in total. The van der Waals surface area contributed by atoms with Gasteiger partial charge in [-0.3, -0.25) is 4.79 Å². The first-order valence-corrected chi connectivity index (χ1v) is 7.23. The van der Waals surface area contributed by atoms with Crippen LogP contribution in [0.5, 0.6) is 0 Å². The fraction of sp³-hybridized carbons (Fsp3) is 0.385. The van der Waals surface area contributed by atoms with Crippen molar-refractivity contribution < 1.29 is 9.18 Å². The molecule has 0 unspecified atom stereocenters. The van der Waals surface area contributed by atoms with Gasteiger partial charge < -0.3 is 10.6 Å². The third-order valence-electron chi connectivity index (χ3n) is 3.01. The second-order valence-electron chi connectivity index (χ2n) is 4.57. The topological polar surface area (TPSA) is 46.3 Å². The highest BCUT2D eigenvalue weighted by atomic mass is 79.9. The molecule has 2 rings (SSSR count). The summed E-state index contributed by atoms with van der Waals surface area (Å²) in [7, 11) is 0. The lowest BCUT2D eigenvalue weighted by atomic mass is 10.2. The normalized spacial score (nSPS) is 14.2. The summed E-state index contributed by atoms with van der Waals surface area (Å²) in [6.45, 7) is 0.488. The molecule has 6 heteroatoms. The van der Waals surface area contributed by atoms with Crippen LogP contribution in [-0.2, 0) is 0 Å². The van der Waals surface area contributed by atoms with E-state index in [4.69, 9.17) is 18.0 Å². The van der Waals surface area contributed by atoms with Crippen molar-refractivity contribution in [3.05, 3.63) is 34.1 Å². The summed E-state index contributed by atoms with van der Waals surface area (Å²) < 4.78 is 13.9. The van der Waals surface area contributed by atoms with Gasteiger partial charge in [-0.2, -0.15) is 0 Å². The Labute approximate surface area is 125 Å². The van der Waals surface area contributed by atoms with E-state index in [-0.39, 0.29) is 11.9 Å². The molecule has 1 aromatic carbocycles. The fourth-order valence-corrected chi connectivity index (χ4v) is 2.39. The predicted octanol–water partition coefficient (Wildman–Crippen LogP) is 2.87. The smallest absolute Gasteiger partial charge is 0.255 e. The first-order chi connectivity index (χ1) is 8.99. The Morgan fingerprint density at radius 2 is 2.21 bits per heavy atom. The van der Waals surface area contributed by atoms with Crippen molar-refractivity contribution in [1.82, 2.24) is 4.90 Å². The highest BCUT2D eigenvalue weighted by Crippen LogP contribution is 2.30. The third kappa shape index (κ3) is 3.73. The average molecular weight is 345 g/mol. The van der Waals surface area contributed by atoms with Crippen molar-refractivity contribution in [2.24, 2.45) is 5.73 Å². The lowest BCUT2D eigenvalue weighted by Crippen LogP contribution is -2.35. The van der Waals surface area contributed by atoms with Crippen molar-refractivity contribution in [2.75, 3.05) is 6.54 Å². The second kappa shape index (κ2) is 5.96. The number of nitrogens with two attached hydrogens (primary N) is 1. The molecule has 1 aliphatic carbocycles. The molecule has 0 atom stereocenters. The van der Waals surface area contributed by atoms with Gasteiger partial charge in [0.15, 0.2) is 0 Å². The number of nitrogens with zero attached hydrogens (tertiary/aromatic N) is 1. The summed E-state index contributed by atoms with van der Waals surface area (Å²) in [5.74, 6) is -0.596.